The van der Waals surface area contributed by atoms with Gasteiger partial charge in [-0.2, -0.15) is 0 Å². The number of hydrogen-bond donors (Lipinski definition) is 2. The third-order valence-corrected chi connectivity index (χ3v) is 3.44. The minimum atomic E-state index is 0. The Morgan fingerprint density at radius 2 is 0.920 bits per heavy atom. The zero-order valence-corrected chi connectivity index (χ0v) is 16.5. The zero-order valence-electron chi connectivity index (χ0n) is 13.6. The molecule has 0 fully saturated rings. The Kier molecular flexibility index (Phi) is 6.61. The Morgan fingerprint density at radius 3 is 1.32 bits per heavy atom. The average molecular weight is 382 g/mol. The van der Waals surface area contributed by atoms with Crippen molar-refractivity contribution in [1.82, 2.24) is 0 Å². The fourth-order valence-corrected chi connectivity index (χ4v) is 2.15. The largest absolute Gasteiger partial charge is 0.507 e. The number of rotatable bonds is 4. The molecular formula is C20H16N2O2Zn. The molecule has 5 heteroatoms. The number of benzene rings is 3. The molecule has 0 amide bonds. The van der Waals surface area contributed by atoms with Crippen molar-refractivity contribution < 1.29 is 29.7 Å². The van der Waals surface area contributed by atoms with Gasteiger partial charge in [0.25, 0.3) is 0 Å². The summed E-state index contributed by atoms with van der Waals surface area (Å²) in [6.45, 7) is 0. The van der Waals surface area contributed by atoms with Crippen molar-refractivity contribution in [2.24, 2.45) is 9.98 Å². The Bertz CT molecular complexity index is 833. The van der Waals surface area contributed by atoms with Crippen LogP contribution in [0.15, 0.2) is 82.8 Å². The standard InChI is InChI=1S/C20H16N2O2.Zn/c23-19-11-5-1-7-15(19)13-21-17-9-3-4-10-18(17)22-14-16-8-2-6-12-20(16)24;/h1-14,23-24H;. The summed E-state index contributed by atoms with van der Waals surface area (Å²) in [5.41, 5.74) is 2.62. The minimum Gasteiger partial charge on any atom is -0.507 e. The van der Waals surface area contributed by atoms with Crippen molar-refractivity contribution >= 4 is 23.8 Å². The van der Waals surface area contributed by atoms with E-state index < -0.39 is 0 Å². The van der Waals surface area contributed by atoms with Gasteiger partial charge in [0.2, 0.25) is 0 Å². The van der Waals surface area contributed by atoms with Gasteiger partial charge in [0, 0.05) is 43.0 Å². The molecule has 2 N–H and O–H groups in total. The summed E-state index contributed by atoms with van der Waals surface area (Å²) in [5, 5.41) is 19.6. The van der Waals surface area contributed by atoms with E-state index in [2.05, 4.69) is 9.98 Å². The molecule has 0 spiro atoms. The Hall–Kier alpha value is -2.78. The van der Waals surface area contributed by atoms with Gasteiger partial charge in [0.15, 0.2) is 0 Å². The maximum absolute atomic E-state index is 9.79. The van der Waals surface area contributed by atoms with Crippen LogP contribution < -0.4 is 0 Å². The molecule has 0 atom stereocenters. The van der Waals surface area contributed by atoms with Gasteiger partial charge in [-0.05, 0) is 36.4 Å². The second kappa shape index (κ2) is 8.90. The summed E-state index contributed by atoms with van der Waals surface area (Å²) in [5.74, 6) is 0.355. The Labute approximate surface area is 159 Å². The van der Waals surface area contributed by atoms with Crippen molar-refractivity contribution in [3.05, 3.63) is 83.9 Å². The first-order chi connectivity index (χ1) is 11.7. The van der Waals surface area contributed by atoms with Crippen LogP contribution in [-0.4, -0.2) is 22.6 Å². The van der Waals surface area contributed by atoms with Crippen LogP contribution in [0.5, 0.6) is 11.5 Å². The molecule has 0 aliphatic rings. The third-order valence-electron chi connectivity index (χ3n) is 3.44. The SMILES string of the molecule is Oc1ccccc1C=Nc1ccccc1N=Cc1ccccc1O.[Zn]. The molecule has 3 rings (SSSR count). The molecule has 0 saturated heterocycles. The van der Waals surface area contributed by atoms with Gasteiger partial charge < -0.3 is 10.2 Å². The molecule has 0 bridgehead atoms. The van der Waals surface area contributed by atoms with Gasteiger partial charge in [-0.15, -0.1) is 0 Å². The number of para-hydroxylation sites is 4. The molecule has 120 valence electrons. The summed E-state index contributed by atoms with van der Waals surface area (Å²) in [6.07, 6.45) is 3.20. The molecular weight excluding hydrogens is 366 g/mol. The molecule has 0 saturated carbocycles. The molecule has 3 aromatic carbocycles. The van der Waals surface area contributed by atoms with E-state index in [4.69, 9.17) is 0 Å². The second-order valence-corrected chi connectivity index (χ2v) is 5.12. The summed E-state index contributed by atoms with van der Waals surface area (Å²) < 4.78 is 0. The van der Waals surface area contributed by atoms with E-state index in [1.54, 1.807) is 48.8 Å². The number of nitrogens with zero attached hydrogens (tertiary/aromatic N) is 2. The van der Waals surface area contributed by atoms with E-state index in [0.29, 0.717) is 22.5 Å². The number of phenolic OH excluding ortho intramolecular Hbond substituents is 2. The minimum absolute atomic E-state index is 0. The molecule has 0 heterocycles. The van der Waals surface area contributed by atoms with Gasteiger partial charge in [-0.1, -0.05) is 36.4 Å². The fraction of sp³-hybridized carbons (Fsp3) is 0. The van der Waals surface area contributed by atoms with Crippen LogP contribution in [0, 0.1) is 0 Å². The first kappa shape index (κ1) is 18.6. The number of hydrogen-bond acceptors (Lipinski definition) is 4. The maximum atomic E-state index is 9.79. The van der Waals surface area contributed by atoms with Crippen LogP contribution in [0.1, 0.15) is 11.1 Å². The van der Waals surface area contributed by atoms with Gasteiger partial charge in [-0.3, -0.25) is 9.98 Å². The van der Waals surface area contributed by atoms with E-state index in [-0.39, 0.29) is 31.0 Å². The molecule has 3 aromatic rings. The first-order valence-electron chi connectivity index (χ1n) is 7.47. The van der Waals surface area contributed by atoms with Crippen LogP contribution in [0.4, 0.5) is 11.4 Å². The van der Waals surface area contributed by atoms with Crippen LogP contribution in [0.2, 0.25) is 0 Å². The Balaban J connectivity index is 0.00000225. The van der Waals surface area contributed by atoms with E-state index in [1.165, 1.54) is 0 Å². The smallest absolute Gasteiger partial charge is 0.124 e. The monoisotopic (exact) mass is 380 g/mol. The molecule has 0 aromatic heterocycles. The summed E-state index contributed by atoms with van der Waals surface area (Å²) in [7, 11) is 0. The summed E-state index contributed by atoms with van der Waals surface area (Å²) in [6, 6.07) is 21.4. The second-order valence-electron chi connectivity index (χ2n) is 5.12. The van der Waals surface area contributed by atoms with Crippen LogP contribution in [0.3, 0.4) is 0 Å². The molecule has 0 unspecified atom stereocenters. The molecule has 0 radical (unpaired) electrons. The van der Waals surface area contributed by atoms with Gasteiger partial charge >= 0.3 is 0 Å². The van der Waals surface area contributed by atoms with Crippen molar-refractivity contribution in [3.63, 3.8) is 0 Å². The normalized spacial score (nSPS) is 10.9. The third kappa shape index (κ3) is 4.85. The fourth-order valence-electron chi connectivity index (χ4n) is 2.15. The summed E-state index contributed by atoms with van der Waals surface area (Å²) >= 11 is 0. The van der Waals surface area contributed by atoms with Gasteiger partial charge in [0.05, 0.1) is 11.4 Å². The van der Waals surface area contributed by atoms with Gasteiger partial charge in [-0.25, -0.2) is 0 Å². The van der Waals surface area contributed by atoms with Crippen molar-refractivity contribution in [2.45, 2.75) is 0 Å². The number of phenols is 2. The summed E-state index contributed by atoms with van der Waals surface area (Å²) in [4.78, 5) is 8.82. The predicted molar refractivity (Wildman–Crippen MR) is 97.2 cm³/mol. The van der Waals surface area contributed by atoms with Crippen molar-refractivity contribution in [2.75, 3.05) is 0 Å². The Morgan fingerprint density at radius 1 is 0.560 bits per heavy atom. The number of aliphatic imine (C=N–C) groups is 2. The first-order valence-corrected chi connectivity index (χ1v) is 7.47. The van der Waals surface area contributed by atoms with Gasteiger partial charge in [0.1, 0.15) is 11.5 Å². The van der Waals surface area contributed by atoms with E-state index in [0.717, 1.165) is 0 Å². The van der Waals surface area contributed by atoms with Crippen molar-refractivity contribution in [1.29, 1.82) is 0 Å². The van der Waals surface area contributed by atoms with Crippen LogP contribution in [-0.2, 0) is 19.5 Å². The van der Waals surface area contributed by atoms with E-state index in [9.17, 15) is 10.2 Å². The molecule has 0 aliphatic carbocycles. The van der Waals surface area contributed by atoms with Crippen LogP contribution in [0.25, 0.3) is 0 Å². The quantitative estimate of drug-likeness (QED) is 0.512. The number of aromatic hydroxyl groups is 2. The topological polar surface area (TPSA) is 65.2 Å². The van der Waals surface area contributed by atoms with E-state index >= 15 is 0 Å². The molecule has 4 nitrogen and oxygen atoms in total. The average Bonchev–Trinajstić information content (AvgIpc) is 2.61. The van der Waals surface area contributed by atoms with E-state index in [1.807, 2.05) is 36.4 Å². The molecule has 0 aliphatic heterocycles. The maximum Gasteiger partial charge on any atom is 0.124 e. The predicted octanol–water partition coefficient (Wildman–Crippen LogP) is 4.60. The zero-order chi connectivity index (χ0) is 16.8. The van der Waals surface area contributed by atoms with Crippen LogP contribution >= 0.6 is 0 Å². The van der Waals surface area contributed by atoms with Crippen molar-refractivity contribution in [3.8, 4) is 11.5 Å². The molecule has 25 heavy (non-hydrogen) atoms.